The van der Waals surface area contributed by atoms with Crippen molar-refractivity contribution in [2.24, 2.45) is 13.0 Å². The first-order valence-electron chi connectivity index (χ1n) is 6.96. The van der Waals surface area contributed by atoms with E-state index in [-0.39, 0.29) is 11.4 Å². The van der Waals surface area contributed by atoms with Gasteiger partial charge >= 0.3 is 11.4 Å². The van der Waals surface area contributed by atoms with Crippen molar-refractivity contribution in [2.45, 2.75) is 58.9 Å². The molecule has 5 heteroatoms. The van der Waals surface area contributed by atoms with Crippen LogP contribution in [-0.4, -0.2) is 14.3 Å². The first kappa shape index (κ1) is 14.8. The predicted octanol–water partition coefficient (Wildman–Crippen LogP) is 1.87. The smallest absolute Gasteiger partial charge is 0.246 e. The lowest BCUT2D eigenvalue weighted by atomic mass is 9.96. The van der Waals surface area contributed by atoms with Gasteiger partial charge in [-0.25, -0.2) is 23.9 Å². The van der Waals surface area contributed by atoms with Gasteiger partial charge < -0.3 is 0 Å². The summed E-state index contributed by atoms with van der Waals surface area (Å²) >= 11 is 0. The Morgan fingerprint density at radius 1 is 1.11 bits per heavy atom. The topological polar surface area (TPSA) is 59.8 Å². The minimum absolute atomic E-state index is 0.239. The van der Waals surface area contributed by atoms with E-state index in [1.165, 1.54) is 31.0 Å². The second-order valence-electron chi connectivity index (χ2n) is 5.02. The van der Waals surface area contributed by atoms with Crippen molar-refractivity contribution in [3.05, 3.63) is 21.0 Å². The van der Waals surface area contributed by atoms with E-state index < -0.39 is 0 Å². The number of H-pyrrole nitrogens is 1. The van der Waals surface area contributed by atoms with Gasteiger partial charge in [0.25, 0.3) is 0 Å². The summed E-state index contributed by atoms with van der Waals surface area (Å²) in [6, 6.07) is 0. The maximum atomic E-state index is 11.8. The van der Waals surface area contributed by atoms with Crippen molar-refractivity contribution >= 4 is 0 Å². The van der Waals surface area contributed by atoms with E-state index in [9.17, 15) is 9.59 Å². The largest absolute Gasteiger partial charge is 0.346 e. The summed E-state index contributed by atoms with van der Waals surface area (Å²) in [5.41, 5.74) is -0.569. The lowest BCUT2D eigenvalue weighted by Crippen LogP contribution is -2.27. The summed E-state index contributed by atoms with van der Waals surface area (Å²) in [6.45, 7) is 4.98. The van der Waals surface area contributed by atoms with Gasteiger partial charge in [-0.05, 0) is 18.8 Å². The van der Waals surface area contributed by atoms with Crippen molar-refractivity contribution in [1.29, 1.82) is 0 Å². The van der Waals surface area contributed by atoms with Gasteiger partial charge in [0.05, 0.1) is 0 Å². The summed E-state index contributed by atoms with van der Waals surface area (Å²) < 4.78 is 2.57. The van der Waals surface area contributed by atoms with Crippen LogP contribution in [0.15, 0.2) is 9.59 Å². The van der Waals surface area contributed by atoms with Crippen molar-refractivity contribution < 1.29 is 0 Å². The van der Waals surface area contributed by atoms with Crippen LogP contribution < -0.4 is 11.4 Å². The van der Waals surface area contributed by atoms with E-state index in [1.54, 1.807) is 0 Å². The molecule has 0 fully saturated rings. The van der Waals surface area contributed by atoms with Gasteiger partial charge in [-0.15, -0.1) is 0 Å². The molecule has 0 saturated heterocycles. The van der Waals surface area contributed by atoms with Crippen molar-refractivity contribution in [2.75, 3.05) is 0 Å². The van der Waals surface area contributed by atoms with Crippen molar-refractivity contribution in [3.8, 4) is 0 Å². The molecule has 0 aliphatic carbocycles. The third-order valence-corrected chi connectivity index (χ3v) is 3.41. The minimum atomic E-state index is -0.330. The Bertz CT molecular complexity index is 456. The molecule has 1 unspecified atom stereocenters. The SMILES string of the molecule is CCCCCC(CCC)Cn1[nH]c(=O)n(C)c1=O. The van der Waals surface area contributed by atoms with E-state index in [2.05, 4.69) is 18.9 Å². The fourth-order valence-corrected chi connectivity index (χ4v) is 2.31. The lowest BCUT2D eigenvalue weighted by Gasteiger charge is -2.15. The van der Waals surface area contributed by atoms with Crippen LogP contribution in [0.5, 0.6) is 0 Å². The fourth-order valence-electron chi connectivity index (χ4n) is 2.31. The highest BCUT2D eigenvalue weighted by Crippen LogP contribution is 2.16. The molecule has 104 valence electrons. The van der Waals surface area contributed by atoms with Crippen LogP contribution in [0, 0.1) is 5.92 Å². The molecule has 0 radical (unpaired) electrons. The van der Waals surface area contributed by atoms with E-state index in [1.807, 2.05) is 0 Å². The van der Waals surface area contributed by atoms with Crippen molar-refractivity contribution in [3.63, 3.8) is 0 Å². The Kier molecular flexibility index (Phi) is 5.95. The molecule has 0 saturated carbocycles. The van der Waals surface area contributed by atoms with Crippen molar-refractivity contribution in [1.82, 2.24) is 14.3 Å². The van der Waals surface area contributed by atoms with Gasteiger partial charge in [0, 0.05) is 13.6 Å². The Labute approximate surface area is 108 Å². The average molecular weight is 255 g/mol. The molecule has 5 nitrogen and oxygen atoms in total. The third-order valence-electron chi connectivity index (χ3n) is 3.41. The zero-order valence-corrected chi connectivity index (χ0v) is 11.7. The molecule has 18 heavy (non-hydrogen) atoms. The standard InChI is InChI=1S/C13H25N3O2/c1-4-6-7-9-11(8-5-2)10-16-13(18)15(3)12(17)14-16/h11H,4-10H2,1-3H3,(H,14,17). The minimum Gasteiger partial charge on any atom is -0.246 e. The molecule has 0 aliphatic heterocycles. The Morgan fingerprint density at radius 2 is 1.83 bits per heavy atom. The molecule has 0 amide bonds. The number of aromatic nitrogens is 3. The third kappa shape index (κ3) is 3.89. The molecule has 1 rings (SSSR count). The Hall–Kier alpha value is -1.26. The van der Waals surface area contributed by atoms with Crippen LogP contribution in [0.1, 0.15) is 52.4 Å². The Balaban J connectivity index is 2.67. The lowest BCUT2D eigenvalue weighted by molar-refractivity contribution is 0.348. The van der Waals surface area contributed by atoms with Gasteiger partial charge in [-0.3, -0.25) is 0 Å². The van der Waals surface area contributed by atoms with Crippen LogP contribution in [0.4, 0.5) is 0 Å². The second-order valence-corrected chi connectivity index (χ2v) is 5.02. The zero-order chi connectivity index (χ0) is 13.5. The maximum Gasteiger partial charge on any atom is 0.346 e. The highest BCUT2D eigenvalue weighted by molar-refractivity contribution is 4.69. The molecule has 1 aromatic rings. The first-order valence-corrected chi connectivity index (χ1v) is 6.96. The molecule has 0 spiro atoms. The monoisotopic (exact) mass is 255 g/mol. The van der Waals surface area contributed by atoms with E-state index in [0.717, 1.165) is 23.8 Å². The molecule has 1 heterocycles. The number of hydrogen-bond acceptors (Lipinski definition) is 2. The highest BCUT2D eigenvalue weighted by atomic mass is 16.2. The van der Waals surface area contributed by atoms with Gasteiger partial charge in [-0.1, -0.05) is 39.5 Å². The van der Waals surface area contributed by atoms with Crippen LogP contribution in [0.25, 0.3) is 0 Å². The molecule has 1 atom stereocenters. The Morgan fingerprint density at radius 3 is 2.33 bits per heavy atom. The first-order chi connectivity index (χ1) is 8.60. The zero-order valence-electron chi connectivity index (χ0n) is 11.7. The highest BCUT2D eigenvalue weighted by Gasteiger charge is 2.12. The van der Waals surface area contributed by atoms with Crippen LogP contribution in [0.2, 0.25) is 0 Å². The van der Waals surface area contributed by atoms with Crippen LogP contribution in [0.3, 0.4) is 0 Å². The number of nitrogens with zero attached hydrogens (tertiary/aromatic N) is 2. The molecular formula is C13H25N3O2. The summed E-state index contributed by atoms with van der Waals surface area (Å²) in [4.78, 5) is 23.1. The molecule has 0 bridgehead atoms. The van der Waals surface area contributed by atoms with E-state index >= 15 is 0 Å². The summed E-state index contributed by atoms with van der Waals surface area (Å²) in [6.07, 6.45) is 7.00. The predicted molar refractivity (Wildman–Crippen MR) is 72.8 cm³/mol. The molecule has 0 aliphatic rings. The fraction of sp³-hybridized carbons (Fsp3) is 0.846. The van der Waals surface area contributed by atoms with Crippen LogP contribution in [-0.2, 0) is 13.6 Å². The molecule has 0 aromatic carbocycles. The average Bonchev–Trinajstić information content (AvgIpc) is 2.58. The van der Waals surface area contributed by atoms with Gasteiger partial charge in [0.2, 0.25) is 0 Å². The van der Waals surface area contributed by atoms with Gasteiger partial charge in [-0.2, -0.15) is 0 Å². The molecule has 1 aromatic heterocycles. The second kappa shape index (κ2) is 7.24. The summed E-state index contributed by atoms with van der Waals surface area (Å²) in [5.74, 6) is 0.484. The quantitative estimate of drug-likeness (QED) is 0.721. The van der Waals surface area contributed by atoms with Gasteiger partial charge in [0.15, 0.2) is 0 Å². The summed E-state index contributed by atoms with van der Waals surface area (Å²) in [7, 11) is 1.50. The number of aromatic amines is 1. The molecule has 1 N–H and O–H groups in total. The summed E-state index contributed by atoms with van der Waals surface area (Å²) in [5, 5.41) is 2.60. The normalized spacial score (nSPS) is 12.8. The van der Waals surface area contributed by atoms with E-state index in [4.69, 9.17) is 0 Å². The van der Waals surface area contributed by atoms with Gasteiger partial charge in [0.1, 0.15) is 0 Å². The maximum absolute atomic E-state index is 11.8. The van der Waals surface area contributed by atoms with Crippen LogP contribution >= 0.6 is 0 Å². The number of nitrogens with one attached hydrogen (secondary N) is 1. The van der Waals surface area contributed by atoms with E-state index in [0.29, 0.717) is 12.5 Å². The number of unbranched alkanes of at least 4 members (excludes halogenated alkanes) is 2. The number of hydrogen-bond donors (Lipinski definition) is 1. The molecular weight excluding hydrogens is 230 g/mol. The number of rotatable bonds is 8.